The fraction of sp³-hybridized carbons (Fsp3) is 0. The first kappa shape index (κ1) is 20.0. The lowest BCUT2D eigenvalue weighted by Crippen LogP contribution is -2.20. The Bertz CT molecular complexity index is 1250. The molecule has 3 amide bonds. The molecule has 4 rings (SSSR count). The number of thiazole rings is 1. The molecule has 1 heterocycles. The molecule has 0 unspecified atom stereocenters. The number of fused-ring (bicyclic) bond motifs is 1. The number of aromatic nitrogens is 1. The SMILES string of the molecule is O=C(Nc1ccc2nc(NC(=O)c3ccccc3)sc2c1)Nc1ccc(Br)cc1F. The van der Waals surface area contributed by atoms with Crippen LogP contribution in [0.25, 0.3) is 10.2 Å². The molecule has 0 atom stereocenters. The van der Waals surface area contributed by atoms with Crippen molar-refractivity contribution in [1.82, 2.24) is 4.98 Å². The predicted octanol–water partition coefficient (Wildman–Crippen LogP) is 6.09. The third kappa shape index (κ3) is 4.64. The second-order valence-corrected chi connectivity index (χ2v) is 8.17. The molecule has 0 saturated carbocycles. The Morgan fingerprint density at radius 1 is 0.933 bits per heavy atom. The number of rotatable bonds is 4. The Hall–Kier alpha value is -3.30. The smallest absolute Gasteiger partial charge is 0.308 e. The number of anilines is 3. The molecule has 1 aromatic heterocycles. The van der Waals surface area contributed by atoms with E-state index >= 15 is 0 Å². The predicted molar refractivity (Wildman–Crippen MR) is 121 cm³/mol. The van der Waals surface area contributed by atoms with Crippen molar-refractivity contribution in [1.29, 1.82) is 0 Å². The summed E-state index contributed by atoms with van der Waals surface area (Å²) in [5.41, 5.74) is 1.81. The second-order valence-electron chi connectivity index (χ2n) is 6.22. The van der Waals surface area contributed by atoms with Gasteiger partial charge in [0.25, 0.3) is 5.91 Å². The maximum Gasteiger partial charge on any atom is 0.323 e. The van der Waals surface area contributed by atoms with E-state index < -0.39 is 11.8 Å². The van der Waals surface area contributed by atoms with E-state index in [-0.39, 0.29) is 11.6 Å². The van der Waals surface area contributed by atoms with Crippen LogP contribution in [0.15, 0.2) is 71.2 Å². The maximum atomic E-state index is 13.9. The lowest BCUT2D eigenvalue weighted by molar-refractivity contribution is 0.102. The van der Waals surface area contributed by atoms with Crippen molar-refractivity contribution in [3.8, 4) is 0 Å². The van der Waals surface area contributed by atoms with Crippen LogP contribution in [0, 0.1) is 5.82 Å². The highest BCUT2D eigenvalue weighted by molar-refractivity contribution is 9.10. The zero-order chi connectivity index (χ0) is 21.1. The van der Waals surface area contributed by atoms with Crippen LogP contribution >= 0.6 is 27.3 Å². The molecule has 3 N–H and O–H groups in total. The van der Waals surface area contributed by atoms with E-state index in [1.165, 1.54) is 23.5 Å². The largest absolute Gasteiger partial charge is 0.323 e. The summed E-state index contributed by atoms with van der Waals surface area (Å²) in [4.78, 5) is 28.9. The number of carbonyl (C=O) groups excluding carboxylic acids is 2. The quantitative estimate of drug-likeness (QED) is 0.327. The number of amides is 3. The molecule has 0 aliphatic rings. The van der Waals surface area contributed by atoms with Gasteiger partial charge < -0.3 is 10.6 Å². The van der Waals surface area contributed by atoms with Gasteiger partial charge in [0.1, 0.15) is 5.82 Å². The van der Waals surface area contributed by atoms with Gasteiger partial charge in [0, 0.05) is 15.7 Å². The monoisotopic (exact) mass is 484 g/mol. The number of benzene rings is 3. The average Bonchev–Trinajstić information content (AvgIpc) is 3.12. The van der Waals surface area contributed by atoms with Crippen LogP contribution in [0.1, 0.15) is 10.4 Å². The number of urea groups is 1. The van der Waals surface area contributed by atoms with E-state index in [4.69, 9.17) is 0 Å². The van der Waals surface area contributed by atoms with Crippen LogP contribution in [0.3, 0.4) is 0 Å². The van der Waals surface area contributed by atoms with Gasteiger partial charge in [-0.25, -0.2) is 14.2 Å². The molecule has 0 aliphatic carbocycles. The summed E-state index contributed by atoms with van der Waals surface area (Å²) in [5.74, 6) is -0.792. The van der Waals surface area contributed by atoms with E-state index in [0.29, 0.717) is 26.4 Å². The third-order valence-corrected chi connectivity index (χ3v) is 5.51. The van der Waals surface area contributed by atoms with Crippen LogP contribution in [-0.2, 0) is 0 Å². The fourth-order valence-electron chi connectivity index (χ4n) is 2.69. The van der Waals surface area contributed by atoms with Gasteiger partial charge in [-0.05, 0) is 48.5 Å². The standard InChI is InChI=1S/C21H14BrFN4O2S/c22-13-6-8-16(15(23)10-13)25-20(29)24-14-7-9-17-18(11-14)30-21(26-17)27-19(28)12-4-2-1-3-5-12/h1-11H,(H2,24,25,29)(H,26,27,28). The average molecular weight is 485 g/mol. The van der Waals surface area contributed by atoms with Crippen LogP contribution in [-0.4, -0.2) is 16.9 Å². The van der Waals surface area contributed by atoms with E-state index in [1.54, 1.807) is 48.5 Å². The molecule has 0 fully saturated rings. The van der Waals surface area contributed by atoms with Crippen molar-refractivity contribution in [3.05, 3.63) is 82.6 Å². The molecule has 4 aromatic rings. The van der Waals surface area contributed by atoms with Crippen molar-refractivity contribution in [3.63, 3.8) is 0 Å². The van der Waals surface area contributed by atoms with Gasteiger partial charge in [-0.1, -0.05) is 45.5 Å². The summed E-state index contributed by atoms with van der Waals surface area (Å²) < 4.78 is 15.2. The fourth-order valence-corrected chi connectivity index (χ4v) is 3.92. The zero-order valence-electron chi connectivity index (χ0n) is 15.3. The van der Waals surface area contributed by atoms with E-state index in [9.17, 15) is 14.0 Å². The molecule has 0 bridgehead atoms. The molecule has 0 aliphatic heterocycles. The Morgan fingerprint density at radius 2 is 1.73 bits per heavy atom. The molecule has 150 valence electrons. The molecule has 30 heavy (non-hydrogen) atoms. The number of carbonyl (C=O) groups is 2. The minimum atomic E-state index is -0.572. The van der Waals surface area contributed by atoms with Crippen molar-refractivity contribution in [2.45, 2.75) is 0 Å². The van der Waals surface area contributed by atoms with Gasteiger partial charge in [0.2, 0.25) is 0 Å². The highest BCUT2D eigenvalue weighted by Crippen LogP contribution is 2.29. The topological polar surface area (TPSA) is 83.1 Å². The number of nitrogens with zero attached hydrogens (tertiary/aromatic N) is 1. The van der Waals surface area contributed by atoms with Gasteiger partial charge in [-0.3, -0.25) is 10.1 Å². The van der Waals surface area contributed by atoms with Crippen molar-refractivity contribution in [2.75, 3.05) is 16.0 Å². The lowest BCUT2D eigenvalue weighted by Gasteiger charge is -2.08. The molecule has 0 radical (unpaired) electrons. The Morgan fingerprint density at radius 3 is 2.50 bits per heavy atom. The van der Waals surface area contributed by atoms with E-state index in [2.05, 4.69) is 36.9 Å². The van der Waals surface area contributed by atoms with Crippen molar-refractivity contribution in [2.24, 2.45) is 0 Å². The molecular formula is C21H14BrFN4O2S. The first-order valence-corrected chi connectivity index (χ1v) is 10.4. The van der Waals surface area contributed by atoms with Crippen LogP contribution in [0.5, 0.6) is 0 Å². The molecule has 0 spiro atoms. The Labute approximate surface area is 183 Å². The summed E-state index contributed by atoms with van der Waals surface area (Å²) in [6.45, 7) is 0. The molecule has 0 saturated heterocycles. The van der Waals surface area contributed by atoms with Gasteiger partial charge in [0.15, 0.2) is 5.13 Å². The zero-order valence-corrected chi connectivity index (χ0v) is 17.7. The van der Waals surface area contributed by atoms with Crippen LogP contribution in [0.4, 0.5) is 25.7 Å². The van der Waals surface area contributed by atoms with E-state index in [0.717, 1.165) is 4.70 Å². The van der Waals surface area contributed by atoms with Gasteiger partial charge in [-0.2, -0.15) is 0 Å². The van der Waals surface area contributed by atoms with Gasteiger partial charge in [-0.15, -0.1) is 0 Å². The van der Waals surface area contributed by atoms with E-state index in [1.807, 2.05) is 6.07 Å². The summed E-state index contributed by atoms with van der Waals surface area (Å²) in [6, 6.07) is 17.8. The highest BCUT2D eigenvalue weighted by atomic mass is 79.9. The number of hydrogen-bond acceptors (Lipinski definition) is 4. The summed E-state index contributed by atoms with van der Waals surface area (Å²) in [7, 11) is 0. The first-order valence-electron chi connectivity index (χ1n) is 8.78. The Balaban J connectivity index is 1.45. The third-order valence-electron chi connectivity index (χ3n) is 4.08. The minimum absolute atomic E-state index is 0.0699. The summed E-state index contributed by atoms with van der Waals surface area (Å²) in [6.07, 6.45) is 0. The van der Waals surface area contributed by atoms with Crippen molar-refractivity contribution < 1.29 is 14.0 Å². The Kier molecular flexibility index (Phi) is 5.73. The van der Waals surface area contributed by atoms with Crippen molar-refractivity contribution >= 4 is 65.9 Å². The minimum Gasteiger partial charge on any atom is -0.308 e. The maximum absolute atomic E-state index is 13.9. The normalized spacial score (nSPS) is 10.6. The second kappa shape index (κ2) is 8.60. The number of hydrogen-bond donors (Lipinski definition) is 3. The van der Waals surface area contributed by atoms with Crippen LogP contribution in [0.2, 0.25) is 0 Å². The summed E-state index contributed by atoms with van der Waals surface area (Å²) >= 11 is 4.46. The number of nitrogens with one attached hydrogen (secondary N) is 3. The van der Waals surface area contributed by atoms with Gasteiger partial charge >= 0.3 is 6.03 Å². The lowest BCUT2D eigenvalue weighted by atomic mass is 10.2. The van der Waals surface area contributed by atoms with Gasteiger partial charge in [0.05, 0.1) is 15.9 Å². The number of halogens is 2. The molecule has 3 aromatic carbocycles. The highest BCUT2D eigenvalue weighted by Gasteiger charge is 2.12. The first-order chi connectivity index (χ1) is 14.5. The van der Waals surface area contributed by atoms with Crippen LogP contribution < -0.4 is 16.0 Å². The molecule has 9 heteroatoms. The molecule has 6 nitrogen and oxygen atoms in total. The molecular weight excluding hydrogens is 471 g/mol. The summed E-state index contributed by atoms with van der Waals surface area (Å²) in [5, 5.41) is 8.36.